The zero-order valence-corrected chi connectivity index (χ0v) is 10.4. The van der Waals surface area contributed by atoms with Crippen molar-refractivity contribution in [2.75, 3.05) is 6.54 Å². The Kier molecular flexibility index (Phi) is 3.12. The number of nitrogens with zero attached hydrogens (tertiary/aromatic N) is 2. The number of hydrazone groups is 1. The second kappa shape index (κ2) is 4.39. The van der Waals surface area contributed by atoms with E-state index < -0.39 is 0 Å². The normalized spacial score (nSPS) is 19.8. The van der Waals surface area contributed by atoms with Crippen molar-refractivity contribution in [3.8, 4) is 0 Å². The zero-order valence-electron chi connectivity index (χ0n) is 8.85. The molecule has 1 unspecified atom stereocenters. The molecule has 0 aliphatic carbocycles. The van der Waals surface area contributed by atoms with Gasteiger partial charge in [0, 0.05) is 10.9 Å². The maximum Gasteiger partial charge on any atom is 0.186 e. The van der Waals surface area contributed by atoms with Crippen LogP contribution in [0, 0.1) is 5.92 Å². The molecule has 3 nitrogen and oxygen atoms in total. The quantitative estimate of drug-likeness (QED) is 0.781. The standard InChI is InChI=1S/C11H12ClN3S/c1-7-6-15(11(13)16)14-10(7)8-3-2-4-9(12)5-8/h2-5,7H,6H2,1H3,(H2,13,16). The van der Waals surface area contributed by atoms with Crippen LogP contribution in [0.5, 0.6) is 0 Å². The molecule has 16 heavy (non-hydrogen) atoms. The topological polar surface area (TPSA) is 41.6 Å². The average Bonchev–Trinajstić information content (AvgIpc) is 2.60. The Balaban J connectivity index is 2.34. The van der Waals surface area contributed by atoms with Gasteiger partial charge in [0.25, 0.3) is 0 Å². The highest BCUT2D eigenvalue weighted by molar-refractivity contribution is 7.80. The highest BCUT2D eigenvalue weighted by Crippen LogP contribution is 2.21. The molecule has 0 spiro atoms. The van der Waals surface area contributed by atoms with Crippen LogP contribution < -0.4 is 5.73 Å². The average molecular weight is 254 g/mol. The van der Waals surface area contributed by atoms with Crippen molar-refractivity contribution in [3.63, 3.8) is 0 Å². The van der Waals surface area contributed by atoms with Gasteiger partial charge in [-0.25, -0.2) is 5.01 Å². The van der Waals surface area contributed by atoms with E-state index in [1.165, 1.54) is 0 Å². The Bertz CT molecular complexity index is 458. The molecular formula is C11H12ClN3S. The fourth-order valence-electron chi connectivity index (χ4n) is 1.74. The second-order valence-electron chi connectivity index (χ2n) is 3.82. The van der Waals surface area contributed by atoms with Gasteiger partial charge in [-0.1, -0.05) is 30.7 Å². The number of thiocarbonyl (C=S) groups is 1. The number of hydrogen-bond donors (Lipinski definition) is 1. The summed E-state index contributed by atoms with van der Waals surface area (Å²) in [7, 11) is 0. The summed E-state index contributed by atoms with van der Waals surface area (Å²) in [6.07, 6.45) is 0. The summed E-state index contributed by atoms with van der Waals surface area (Å²) in [6.45, 7) is 2.83. The summed E-state index contributed by atoms with van der Waals surface area (Å²) < 4.78 is 0. The molecule has 0 saturated carbocycles. The SMILES string of the molecule is CC1CN(C(N)=S)N=C1c1cccc(Cl)c1. The van der Waals surface area contributed by atoms with Crippen LogP contribution in [0.4, 0.5) is 0 Å². The first-order chi connectivity index (χ1) is 7.58. The molecule has 0 saturated heterocycles. The van der Waals surface area contributed by atoms with Crippen LogP contribution in [-0.4, -0.2) is 22.4 Å². The summed E-state index contributed by atoms with van der Waals surface area (Å²) in [5.41, 5.74) is 7.56. The Morgan fingerprint density at radius 3 is 2.94 bits per heavy atom. The smallest absolute Gasteiger partial charge is 0.186 e. The maximum atomic E-state index is 5.95. The van der Waals surface area contributed by atoms with Crippen LogP contribution in [0.1, 0.15) is 12.5 Å². The summed E-state index contributed by atoms with van der Waals surface area (Å²) >= 11 is 10.9. The molecule has 1 atom stereocenters. The first-order valence-corrected chi connectivity index (χ1v) is 5.78. The van der Waals surface area contributed by atoms with Crippen LogP contribution in [0.25, 0.3) is 0 Å². The van der Waals surface area contributed by atoms with Crippen molar-refractivity contribution < 1.29 is 0 Å². The molecule has 0 radical (unpaired) electrons. The zero-order chi connectivity index (χ0) is 11.7. The molecule has 2 rings (SSSR count). The molecule has 1 aliphatic rings. The fraction of sp³-hybridized carbons (Fsp3) is 0.273. The fourth-order valence-corrected chi connectivity index (χ4v) is 2.05. The number of benzene rings is 1. The third kappa shape index (κ3) is 2.18. The van der Waals surface area contributed by atoms with Crippen molar-refractivity contribution in [1.82, 2.24) is 5.01 Å². The van der Waals surface area contributed by atoms with Crippen molar-refractivity contribution in [1.29, 1.82) is 0 Å². The summed E-state index contributed by atoms with van der Waals surface area (Å²) in [5.74, 6) is 0.306. The van der Waals surface area contributed by atoms with Gasteiger partial charge in [-0.15, -0.1) is 0 Å². The molecule has 0 bridgehead atoms. The van der Waals surface area contributed by atoms with Gasteiger partial charge < -0.3 is 5.73 Å². The van der Waals surface area contributed by atoms with Crippen molar-refractivity contribution in [2.24, 2.45) is 16.8 Å². The molecule has 0 fully saturated rings. The van der Waals surface area contributed by atoms with E-state index in [1.54, 1.807) is 5.01 Å². The van der Waals surface area contributed by atoms with Crippen molar-refractivity contribution >= 4 is 34.6 Å². The van der Waals surface area contributed by atoms with E-state index in [-0.39, 0.29) is 0 Å². The van der Waals surface area contributed by atoms with Gasteiger partial charge in [-0.3, -0.25) is 0 Å². The third-order valence-corrected chi connectivity index (χ3v) is 2.96. The van der Waals surface area contributed by atoms with Gasteiger partial charge in [-0.05, 0) is 29.9 Å². The molecule has 1 aromatic rings. The van der Waals surface area contributed by atoms with E-state index in [4.69, 9.17) is 29.6 Å². The van der Waals surface area contributed by atoms with Crippen LogP contribution >= 0.6 is 23.8 Å². The predicted octanol–water partition coefficient (Wildman–Crippen LogP) is 2.24. The van der Waals surface area contributed by atoms with E-state index in [2.05, 4.69) is 12.0 Å². The number of rotatable bonds is 1. The third-order valence-electron chi connectivity index (χ3n) is 2.52. The van der Waals surface area contributed by atoms with Gasteiger partial charge in [0.05, 0.1) is 12.3 Å². The highest BCUT2D eigenvalue weighted by Gasteiger charge is 2.25. The lowest BCUT2D eigenvalue weighted by molar-refractivity contribution is 0.459. The lowest BCUT2D eigenvalue weighted by atomic mass is 10.00. The molecule has 2 N–H and O–H groups in total. The van der Waals surface area contributed by atoms with E-state index >= 15 is 0 Å². The summed E-state index contributed by atoms with van der Waals surface area (Å²) in [5, 5.41) is 7.07. The van der Waals surface area contributed by atoms with E-state index in [0.717, 1.165) is 17.8 Å². The summed E-state index contributed by atoms with van der Waals surface area (Å²) in [6, 6.07) is 7.65. The molecule has 0 aromatic heterocycles. The minimum atomic E-state index is 0.306. The number of nitrogens with two attached hydrogens (primary N) is 1. The Labute approximate surface area is 105 Å². The number of hydrogen-bond acceptors (Lipinski definition) is 2. The van der Waals surface area contributed by atoms with Crippen molar-refractivity contribution in [2.45, 2.75) is 6.92 Å². The predicted molar refractivity (Wildman–Crippen MR) is 70.6 cm³/mol. The molecule has 1 aliphatic heterocycles. The highest BCUT2D eigenvalue weighted by atomic mass is 35.5. The Morgan fingerprint density at radius 1 is 1.62 bits per heavy atom. The molecule has 84 valence electrons. The van der Waals surface area contributed by atoms with Gasteiger partial charge in [0.1, 0.15) is 0 Å². The van der Waals surface area contributed by atoms with Gasteiger partial charge in [-0.2, -0.15) is 5.10 Å². The first kappa shape index (κ1) is 11.4. The monoisotopic (exact) mass is 253 g/mol. The van der Waals surface area contributed by atoms with E-state index in [0.29, 0.717) is 16.1 Å². The van der Waals surface area contributed by atoms with E-state index in [1.807, 2.05) is 24.3 Å². The van der Waals surface area contributed by atoms with Crippen molar-refractivity contribution in [3.05, 3.63) is 34.9 Å². The minimum absolute atomic E-state index is 0.306. The van der Waals surface area contributed by atoms with Crippen LogP contribution in [0.15, 0.2) is 29.4 Å². The second-order valence-corrected chi connectivity index (χ2v) is 4.67. The van der Waals surface area contributed by atoms with Gasteiger partial charge in [0.2, 0.25) is 0 Å². The summed E-state index contributed by atoms with van der Waals surface area (Å²) in [4.78, 5) is 0. The maximum absolute atomic E-state index is 5.95. The van der Waals surface area contributed by atoms with Crippen LogP contribution in [0.3, 0.4) is 0 Å². The largest absolute Gasteiger partial charge is 0.375 e. The van der Waals surface area contributed by atoms with Crippen LogP contribution in [0.2, 0.25) is 5.02 Å². The molecule has 1 aromatic carbocycles. The van der Waals surface area contributed by atoms with Crippen LogP contribution in [-0.2, 0) is 0 Å². The number of halogens is 1. The van der Waals surface area contributed by atoms with E-state index in [9.17, 15) is 0 Å². The molecule has 0 amide bonds. The Hall–Kier alpha value is -1.13. The first-order valence-electron chi connectivity index (χ1n) is 4.99. The Morgan fingerprint density at radius 2 is 2.38 bits per heavy atom. The lowest BCUT2D eigenvalue weighted by Crippen LogP contribution is -2.30. The van der Waals surface area contributed by atoms with Gasteiger partial charge in [0.15, 0.2) is 5.11 Å². The molecular weight excluding hydrogens is 242 g/mol. The minimum Gasteiger partial charge on any atom is -0.375 e. The molecule has 5 heteroatoms. The lowest BCUT2D eigenvalue weighted by Gasteiger charge is -2.10. The molecule has 1 heterocycles. The van der Waals surface area contributed by atoms with Gasteiger partial charge >= 0.3 is 0 Å².